The standard InChI is InChI=1S/C4H5N/c1-3-5-4-2/h1,4-5H,2H2. The minimum atomic E-state index is 1.44. The molecule has 0 aromatic rings. The second kappa shape index (κ2) is 3.10. The summed E-state index contributed by atoms with van der Waals surface area (Å²) in [5.41, 5.74) is 0. The Bertz CT molecular complexity index is 58.5. The maximum atomic E-state index is 4.71. The van der Waals surface area contributed by atoms with E-state index in [1.165, 1.54) is 6.20 Å². The normalized spacial score (nSPS) is 4.60. The molecule has 0 rings (SSSR count). The fraction of sp³-hybridized carbons (Fsp3) is 0. The molecule has 0 unspecified atom stereocenters. The van der Waals surface area contributed by atoms with Crippen LogP contribution in [-0.4, -0.2) is 0 Å². The van der Waals surface area contributed by atoms with E-state index in [0.29, 0.717) is 0 Å². The molecule has 0 heterocycles. The molecule has 0 saturated carbocycles. The quantitative estimate of drug-likeness (QED) is 0.344. The lowest BCUT2D eigenvalue weighted by Crippen LogP contribution is -1.87. The summed E-state index contributed by atoms with van der Waals surface area (Å²) in [7, 11) is 0. The van der Waals surface area contributed by atoms with Crippen molar-refractivity contribution in [1.82, 2.24) is 5.32 Å². The number of terminal acetylenes is 1. The predicted octanol–water partition coefficient (Wildman–Crippen LogP) is 0.310. The lowest BCUT2D eigenvalue weighted by molar-refractivity contribution is 1.27. The molecule has 5 heavy (non-hydrogen) atoms. The minimum Gasteiger partial charge on any atom is -0.323 e. The van der Waals surface area contributed by atoms with Gasteiger partial charge in [-0.25, -0.2) is 0 Å². The van der Waals surface area contributed by atoms with Crippen LogP contribution in [-0.2, 0) is 0 Å². The molecular weight excluding hydrogens is 62.1 g/mol. The largest absolute Gasteiger partial charge is 0.323 e. The Labute approximate surface area is 31.7 Å². The zero-order valence-corrected chi connectivity index (χ0v) is 2.86. The number of hydrogen-bond donors (Lipinski definition) is 1. The first-order valence-electron chi connectivity index (χ1n) is 1.24. The van der Waals surface area contributed by atoms with Gasteiger partial charge in [0.15, 0.2) is 0 Å². The van der Waals surface area contributed by atoms with Gasteiger partial charge in [-0.1, -0.05) is 13.0 Å². The topological polar surface area (TPSA) is 12.0 Å². The van der Waals surface area contributed by atoms with Gasteiger partial charge in [0.1, 0.15) is 0 Å². The van der Waals surface area contributed by atoms with Gasteiger partial charge in [-0.2, -0.15) is 0 Å². The van der Waals surface area contributed by atoms with E-state index in [4.69, 9.17) is 6.42 Å². The molecule has 0 atom stereocenters. The van der Waals surface area contributed by atoms with Crippen LogP contribution in [0.4, 0.5) is 0 Å². The van der Waals surface area contributed by atoms with Crippen molar-refractivity contribution in [2.24, 2.45) is 0 Å². The van der Waals surface area contributed by atoms with Crippen molar-refractivity contribution in [2.45, 2.75) is 0 Å². The van der Waals surface area contributed by atoms with Crippen LogP contribution in [0.2, 0.25) is 0 Å². The average Bonchev–Trinajstić information content (AvgIpc) is 1.41. The van der Waals surface area contributed by atoms with Crippen LogP contribution in [0, 0.1) is 12.5 Å². The van der Waals surface area contributed by atoms with Crippen LogP contribution in [0.15, 0.2) is 12.8 Å². The maximum Gasteiger partial charge on any atom is 0.00522 e. The summed E-state index contributed by atoms with van der Waals surface area (Å²) in [6.07, 6.45) is 6.15. The Kier molecular flexibility index (Phi) is 2.54. The maximum absolute atomic E-state index is 4.71. The second-order valence-electron chi connectivity index (χ2n) is 0.493. The lowest BCUT2D eigenvalue weighted by Gasteiger charge is -1.70. The summed E-state index contributed by atoms with van der Waals surface area (Å²) in [5.74, 6) is 0. The molecule has 0 amide bonds. The van der Waals surface area contributed by atoms with Gasteiger partial charge in [0.2, 0.25) is 0 Å². The third-order valence-corrected chi connectivity index (χ3v) is 0.185. The Morgan fingerprint density at radius 2 is 2.60 bits per heavy atom. The first kappa shape index (κ1) is 4.10. The summed E-state index contributed by atoms with van der Waals surface area (Å²) in [5, 5.41) is 2.40. The zero-order valence-electron chi connectivity index (χ0n) is 2.86. The molecule has 1 heteroatoms. The molecule has 1 N–H and O–H groups in total. The predicted molar refractivity (Wildman–Crippen MR) is 22.2 cm³/mol. The zero-order chi connectivity index (χ0) is 4.12. The van der Waals surface area contributed by atoms with Crippen molar-refractivity contribution in [2.75, 3.05) is 0 Å². The van der Waals surface area contributed by atoms with E-state index in [9.17, 15) is 0 Å². The Morgan fingerprint density at radius 1 is 2.00 bits per heavy atom. The van der Waals surface area contributed by atoms with Crippen LogP contribution in [0.25, 0.3) is 0 Å². The van der Waals surface area contributed by atoms with Crippen LogP contribution >= 0.6 is 0 Å². The van der Waals surface area contributed by atoms with E-state index in [1.54, 1.807) is 0 Å². The van der Waals surface area contributed by atoms with Crippen molar-refractivity contribution >= 4 is 0 Å². The first-order valence-corrected chi connectivity index (χ1v) is 1.24. The van der Waals surface area contributed by atoms with Crippen LogP contribution in [0.5, 0.6) is 0 Å². The molecule has 0 aromatic carbocycles. The summed E-state index contributed by atoms with van der Waals surface area (Å²) < 4.78 is 0. The summed E-state index contributed by atoms with van der Waals surface area (Å²) in [4.78, 5) is 0. The van der Waals surface area contributed by atoms with Crippen molar-refractivity contribution in [3.63, 3.8) is 0 Å². The molecule has 26 valence electrons. The summed E-state index contributed by atoms with van der Waals surface area (Å²) >= 11 is 0. The second-order valence-corrected chi connectivity index (χ2v) is 0.493. The van der Waals surface area contributed by atoms with Gasteiger partial charge in [0.05, 0.1) is 0 Å². The van der Waals surface area contributed by atoms with Crippen LogP contribution in [0.3, 0.4) is 0 Å². The van der Waals surface area contributed by atoms with E-state index >= 15 is 0 Å². The highest BCUT2D eigenvalue weighted by atomic mass is 14.8. The van der Waals surface area contributed by atoms with E-state index in [-0.39, 0.29) is 0 Å². The summed E-state index contributed by atoms with van der Waals surface area (Å²) in [6, 6.07) is 2.15. The third-order valence-electron chi connectivity index (χ3n) is 0.185. The average molecular weight is 67.1 g/mol. The monoisotopic (exact) mass is 67.0 g/mol. The smallest absolute Gasteiger partial charge is 0.00522 e. The van der Waals surface area contributed by atoms with Gasteiger partial charge in [0.25, 0.3) is 0 Å². The highest BCUT2D eigenvalue weighted by molar-refractivity contribution is 4.85. The van der Waals surface area contributed by atoms with Crippen molar-refractivity contribution in [1.29, 1.82) is 0 Å². The fourth-order valence-corrected chi connectivity index (χ4v) is 0.0589. The third kappa shape index (κ3) is 3.10. The van der Waals surface area contributed by atoms with Gasteiger partial charge in [0, 0.05) is 12.2 Å². The molecule has 0 spiro atoms. The Balaban J connectivity index is 2.75. The van der Waals surface area contributed by atoms with Crippen LogP contribution < -0.4 is 5.32 Å². The van der Waals surface area contributed by atoms with Gasteiger partial charge in [-0.15, -0.1) is 0 Å². The van der Waals surface area contributed by atoms with Crippen LogP contribution in [0.1, 0.15) is 0 Å². The van der Waals surface area contributed by atoms with E-state index in [0.717, 1.165) is 0 Å². The molecule has 0 fully saturated rings. The van der Waals surface area contributed by atoms with Crippen molar-refractivity contribution < 1.29 is 0 Å². The van der Waals surface area contributed by atoms with Crippen molar-refractivity contribution in [3.8, 4) is 12.5 Å². The van der Waals surface area contributed by atoms with E-state index in [1.807, 2.05) is 0 Å². The Morgan fingerprint density at radius 3 is 2.60 bits per heavy atom. The van der Waals surface area contributed by atoms with E-state index in [2.05, 4.69) is 17.9 Å². The highest BCUT2D eigenvalue weighted by Crippen LogP contribution is 1.39. The van der Waals surface area contributed by atoms with Gasteiger partial charge in [-0.05, 0) is 0 Å². The van der Waals surface area contributed by atoms with Gasteiger partial charge < -0.3 is 5.32 Å². The molecular formula is C4H5N. The lowest BCUT2D eigenvalue weighted by atomic mass is 11.0. The van der Waals surface area contributed by atoms with Gasteiger partial charge >= 0.3 is 0 Å². The molecule has 1 nitrogen and oxygen atoms in total. The molecule has 0 radical (unpaired) electrons. The molecule has 0 aliphatic heterocycles. The Hall–Kier alpha value is -0.900. The number of hydrogen-bond acceptors (Lipinski definition) is 1. The minimum absolute atomic E-state index is 1.44. The molecule has 0 saturated heterocycles. The first-order chi connectivity index (χ1) is 2.41. The number of rotatable bonds is 1. The molecule has 0 aromatic heterocycles. The summed E-state index contributed by atoms with van der Waals surface area (Å²) in [6.45, 7) is 3.30. The van der Waals surface area contributed by atoms with E-state index < -0.39 is 0 Å². The SMILES string of the molecule is C#CNC=C. The fourth-order valence-electron chi connectivity index (χ4n) is 0.0589. The number of nitrogens with one attached hydrogen (secondary N) is 1. The van der Waals surface area contributed by atoms with Gasteiger partial charge in [-0.3, -0.25) is 0 Å². The van der Waals surface area contributed by atoms with Crippen molar-refractivity contribution in [3.05, 3.63) is 12.8 Å². The molecule has 0 aliphatic rings. The highest BCUT2D eigenvalue weighted by Gasteiger charge is 1.43. The molecule has 0 aliphatic carbocycles. The molecule has 0 bridgehead atoms.